The van der Waals surface area contributed by atoms with E-state index >= 15 is 0 Å². The maximum absolute atomic E-state index is 8.06. The van der Waals surface area contributed by atoms with Crippen LogP contribution in [0, 0.1) is 0 Å². The predicted molar refractivity (Wildman–Crippen MR) is 39.1 cm³/mol. The first-order chi connectivity index (χ1) is 1.73. The van der Waals surface area contributed by atoms with Gasteiger partial charge in [0.05, 0.1) is 0 Å². The Hall–Kier alpha value is 1.71. The Morgan fingerprint density at radius 3 is 1.00 bits per heavy atom. The molecule has 8 heavy (non-hydrogen) atoms. The van der Waals surface area contributed by atoms with E-state index in [4.69, 9.17) is 5.11 Å². The van der Waals surface area contributed by atoms with Crippen molar-refractivity contribution >= 4 is 37.2 Å². The zero-order valence-corrected chi connectivity index (χ0v) is 9.66. The van der Waals surface area contributed by atoms with E-state index in [9.17, 15) is 0 Å². The molecule has 0 aliphatic heterocycles. The number of hydrogen-bond acceptors (Lipinski definition) is 1. The fraction of sp³-hybridized carbons (Fsp3) is 1.00. The average molecular weight is 261 g/mol. The summed E-state index contributed by atoms with van der Waals surface area (Å²) in [5, 5.41) is 8.06. The van der Waals surface area contributed by atoms with Crippen LogP contribution in [0.3, 0.4) is 0 Å². The van der Waals surface area contributed by atoms with E-state index < -0.39 is 0 Å². The molecule has 0 heterocycles. The Labute approximate surface area is 88.0 Å². The normalized spacial score (nSPS) is 4.50. The summed E-state index contributed by atoms with van der Waals surface area (Å²) in [5.74, 6) is 0. The molecule has 0 rings (SSSR count). The third kappa shape index (κ3) is 118. The molecular weight excluding hydrogens is 250 g/mol. The van der Waals surface area contributed by atoms with Crippen LogP contribution in [-0.4, -0.2) is 11.2 Å². The molecule has 0 aromatic carbocycles. The van der Waals surface area contributed by atoms with Gasteiger partial charge in [0, 0.05) is 32.3 Å². The molecular formula is C3H11Cl3OZr. The van der Waals surface area contributed by atoms with Crippen molar-refractivity contribution in [3.63, 3.8) is 0 Å². The second-order valence-electron chi connectivity index (χ2n) is 1.09. The monoisotopic (exact) mass is 258 g/mol. The molecule has 0 atom stereocenters. The van der Waals surface area contributed by atoms with Gasteiger partial charge in [-0.15, -0.1) is 37.2 Å². The summed E-state index contributed by atoms with van der Waals surface area (Å²) >= 11 is 0. The fourth-order valence-electron chi connectivity index (χ4n) is 0. The second-order valence-corrected chi connectivity index (χ2v) is 1.09. The van der Waals surface area contributed by atoms with Crippen LogP contribution in [0.5, 0.6) is 0 Å². The average Bonchev–Trinajstić information content (AvgIpc) is 0.811. The van der Waals surface area contributed by atoms with Gasteiger partial charge in [0.1, 0.15) is 0 Å². The molecule has 0 aliphatic carbocycles. The van der Waals surface area contributed by atoms with Gasteiger partial charge >= 0.3 is 0 Å². The Kier molecular flexibility index (Phi) is 96.8. The molecule has 5 heteroatoms. The molecule has 0 spiro atoms. The minimum atomic E-state index is -0.167. The minimum Gasteiger partial charge on any atom is -0.394 e. The van der Waals surface area contributed by atoms with Gasteiger partial charge in [-0.25, -0.2) is 0 Å². The van der Waals surface area contributed by atoms with Crippen molar-refractivity contribution in [3.05, 3.63) is 0 Å². The molecule has 1 nitrogen and oxygen atoms in total. The first-order valence-electron chi connectivity index (χ1n) is 1.41. The smallest absolute Gasteiger partial charge is 0.0483 e. The second kappa shape index (κ2) is 23.3. The number of rotatable bonds is 0. The van der Waals surface area contributed by atoms with Gasteiger partial charge < -0.3 is 5.11 Å². The van der Waals surface area contributed by atoms with Crippen molar-refractivity contribution in [1.82, 2.24) is 0 Å². The van der Waals surface area contributed by atoms with Crippen molar-refractivity contribution in [3.8, 4) is 0 Å². The molecule has 0 unspecified atom stereocenters. The molecule has 0 fully saturated rings. The van der Waals surface area contributed by atoms with E-state index in [0.717, 1.165) is 0 Å². The minimum absolute atomic E-state index is 0. The summed E-state index contributed by atoms with van der Waals surface area (Å²) in [4.78, 5) is 0. The summed E-state index contributed by atoms with van der Waals surface area (Å²) in [7, 11) is 0. The molecule has 0 amide bonds. The van der Waals surface area contributed by atoms with E-state index in [2.05, 4.69) is 0 Å². The standard InChI is InChI=1S/C3H8O.3ClH.Zr/c1-3(2)4;;;;/h3-4H,1-2H3;3*1H;. The van der Waals surface area contributed by atoms with Crippen molar-refractivity contribution < 1.29 is 31.3 Å². The third-order valence-corrected chi connectivity index (χ3v) is 0. The van der Waals surface area contributed by atoms with E-state index in [0.29, 0.717) is 0 Å². The first kappa shape index (κ1) is 33.2. The number of hydrogen-bond donors (Lipinski definition) is 1. The largest absolute Gasteiger partial charge is 0.394 e. The topological polar surface area (TPSA) is 20.2 Å². The summed E-state index contributed by atoms with van der Waals surface area (Å²) in [5.41, 5.74) is 0. The molecule has 1 N–H and O–H groups in total. The van der Waals surface area contributed by atoms with Crippen molar-refractivity contribution in [1.29, 1.82) is 0 Å². The summed E-state index contributed by atoms with van der Waals surface area (Å²) in [6, 6.07) is 0. The Balaban J connectivity index is -0.00000000750. The molecule has 0 aliphatic rings. The Morgan fingerprint density at radius 1 is 1.00 bits per heavy atom. The molecule has 0 radical (unpaired) electrons. The number of halogens is 3. The van der Waals surface area contributed by atoms with Crippen LogP contribution < -0.4 is 0 Å². The van der Waals surface area contributed by atoms with Crippen LogP contribution in [0.15, 0.2) is 0 Å². The Morgan fingerprint density at radius 2 is 1.00 bits per heavy atom. The van der Waals surface area contributed by atoms with E-state index in [1.807, 2.05) is 0 Å². The van der Waals surface area contributed by atoms with Crippen molar-refractivity contribution in [2.24, 2.45) is 0 Å². The van der Waals surface area contributed by atoms with Gasteiger partial charge in [0.25, 0.3) is 0 Å². The van der Waals surface area contributed by atoms with Crippen LogP contribution in [-0.2, 0) is 26.2 Å². The Bertz CT molecular complexity index is 19.2. The van der Waals surface area contributed by atoms with Gasteiger partial charge in [-0.2, -0.15) is 0 Å². The van der Waals surface area contributed by atoms with Crippen LogP contribution >= 0.6 is 37.2 Å². The number of aliphatic hydroxyl groups is 1. The molecule has 54 valence electrons. The quantitative estimate of drug-likeness (QED) is 0.702. The first-order valence-corrected chi connectivity index (χ1v) is 1.41. The third-order valence-electron chi connectivity index (χ3n) is 0. The van der Waals surface area contributed by atoms with Crippen molar-refractivity contribution in [2.75, 3.05) is 0 Å². The number of aliphatic hydroxyl groups excluding tert-OH is 1. The summed E-state index contributed by atoms with van der Waals surface area (Å²) < 4.78 is 0. The molecule has 0 aromatic heterocycles. The molecule has 0 bridgehead atoms. The zero-order chi connectivity index (χ0) is 3.58. The SMILES string of the molecule is CC(C)O.Cl.Cl.Cl.[Zr]. The van der Waals surface area contributed by atoms with Gasteiger partial charge in [-0.05, 0) is 13.8 Å². The van der Waals surface area contributed by atoms with Crippen LogP contribution in [0.4, 0.5) is 0 Å². The van der Waals surface area contributed by atoms with Gasteiger partial charge in [-0.3, -0.25) is 0 Å². The molecule has 0 saturated carbocycles. The van der Waals surface area contributed by atoms with Crippen LogP contribution in [0.2, 0.25) is 0 Å². The van der Waals surface area contributed by atoms with E-state index in [1.54, 1.807) is 13.8 Å². The molecule has 0 aromatic rings. The van der Waals surface area contributed by atoms with Crippen LogP contribution in [0.25, 0.3) is 0 Å². The van der Waals surface area contributed by atoms with Gasteiger partial charge in [-0.1, -0.05) is 0 Å². The van der Waals surface area contributed by atoms with Crippen molar-refractivity contribution in [2.45, 2.75) is 20.0 Å². The maximum Gasteiger partial charge on any atom is 0.0483 e. The predicted octanol–water partition coefficient (Wildman–Crippen LogP) is 1.65. The van der Waals surface area contributed by atoms with E-state index in [-0.39, 0.29) is 69.5 Å². The zero-order valence-electron chi connectivity index (χ0n) is 4.75. The summed E-state index contributed by atoms with van der Waals surface area (Å²) in [6.07, 6.45) is -0.167. The van der Waals surface area contributed by atoms with Gasteiger partial charge in [0.2, 0.25) is 0 Å². The maximum atomic E-state index is 8.06. The van der Waals surface area contributed by atoms with E-state index in [1.165, 1.54) is 0 Å². The molecule has 0 saturated heterocycles. The summed E-state index contributed by atoms with van der Waals surface area (Å²) in [6.45, 7) is 3.44. The van der Waals surface area contributed by atoms with Crippen LogP contribution in [0.1, 0.15) is 13.8 Å². The van der Waals surface area contributed by atoms with Gasteiger partial charge in [0.15, 0.2) is 0 Å². The fourth-order valence-corrected chi connectivity index (χ4v) is 0.